The lowest BCUT2D eigenvalue weighted by Gasteiger charge is -2.30. The Kier molecular flexibility index (Phi) is 4.11. The second-order valence-corrected chi connectivity index (χ2v) is 5.61. The maximum absolute atomic E-state index is 9.44. The molecule has 0 bridgehead atoms. The van der Waals surface area contributed by atoms with Crippen molar-refractivity contribution < 1.29 is 5.11 Å². The fraction of sp³-hybridized carbons (Fsp3) is 0.500. The minimum absolute atomic E-state index is 0.301. The Bertz CT molecular complexity index is 572. The van der Waals surface area contributed by atoms with Crippen LogP contribution in [0.2, 0.25) is 0 Å². The number of hydrogen-bond acceptors (Lipinski definition) is 4. The van der Waals surface area contributed by atoms with Gasteiger partial charge in [-0.1, -0.05) is 25.0 Å². The molecule has 2 unspecified atom stereocenters. The van der Waals surface area contributed by atoms with Gasteiger partial charge in [0.05, 0.1) is 17.2 Å². The zero-order valence-corrected chi connectivity index (χ0v) is 11.6. The van der Waals surface area contributed by atoms with Crippen LogP contribution in [-0.4, -0.2) is 28.2 Å². The zero-order chi connectivity index (χ0) is 13.8. The maximum Gasteiger partial charge on any atom is 0.145 e. The van der Waals surface area contributed by atoms with Crippen LogP contribution in [0.15, 0.2) is 30.5 Å². The Morgan fingerprint density at radius 3 is 2.65 bits per heavy atom. The van der Waals surface area contributed by atoms with Gasteiger partial charge in [0.2, 0.25) is 0 Å². The third kappa shape index (κ3) is 2.90. The number of nitrogens with zero attached hydrogens (tertiary/aromatic N) is 2. The predicted octanol–water partition coefficient (Wildman–Crippen LogP) is 2.84. The highest BCUT2D eigenvalue weighted by atomic mass is 16.3. The van der Waals surface area contributed by atoms with Gasteiger partial charge in [0.15, 0.2) is 0 Å². The lowest BCUT2D eigenvalue weighted by Crippen LogP contribution is -2.28. The number of fused-ring (bicyclic) bond motifs is 1. The van der Waals surface area contributed by atoms with Crippen LogP contribution in [0.25, 0.3) is 11.0 Å². The van der Waals surface area contributed by atoms with E-state index in [1.54, 1.807) is 6.20 Å². The highest BCUT2D eigenvalue weighted by Crippen LogP contribution is 2.29. The number of anilines is 1. The largest absolute Gasteiger partial charge is 0.396 e. The summed E-state index contributed by atoms with van der Waals surface area (Å²) in [5.74, 6) is 1.80. The van der Waals surface area contributed by atoms with Gasteiger partial charge in [-0.2, -0.15) is 0 Å². The fourth-order valence-corrected chi connectivity index (χ4v) is 3.07. The topological polar surface area (TPSA) is 58.0 Å². The Morgan fingerprint density at radius 2 is 1.85 bits per heavy atom. The molecule has 0 amide bonds. The van der Waals surface area contributed by atoms with E-state index in [1.165, 1.54) is 19.3 Å². The van der Waals surface area contributed by atoms with Crippen molar-refractivity contribution in [3.05, 3.63) is 30.5 Å². The molecule has 0 aliphatic heterocycles. The molecule has 1 heterocycles. The molecule has 20 heavy (non-hydrogen) atoms. The normalized spacial score (nSPS) is 22.9. The summed E-state index contributed by atoms with van der Waals surface area (Å²) in [5, 5.41) is 12.8. The molecule has 0 radical (unpaired) electrons. The van der Waals surface area contributed by atoms with Gasteiger partial charge in [0.25, 0.3) is 0 Å². The molecule has 1 aromatic heterocycles. The van der Waals surface area contributed by atoms with E-state index >= 15 is 0 Å². The van der Waals surface area contributed by atoms with Crippen LogP contribution in [0, 0.1) is 11.8 Å². The van der Waals surface area contributed by atoms with Gasteiger partial charge >= 0.3 is 0 Å². The summed E-state index contributed by atoms with van der Waals surface area (Å²) in [6.45, 7) is 1.17. The third-order valence-electron chi connectivity index (χ3n) is 4.29. The first-order valence-corrected chi connectivity index (χ1v) is 7.43. The first kappa shape index (κ1) is 13.3. The monoisotopic (exact) mass is 271 g/mol. The molecule has 1 saturated carbocycles. The lowest BCUT2D eigenvalue weighted by molar-refractivity contribution is 0.141. The van der Waals surface area contributed by atoms with Crippen LogP contribution in [0.3, 0.4) is 0 Å². The quantitative estimate of drug-likeness (QED) is 0.897. The van der Waals surface area contributed by atoms with E-state index in [2.05, 4.69) is 15.3 Å². The highest BCUT2D eigenvalue weighted by Gasteiger charge is 2.24. The Hall–Kier alpha value is -1.68. The van der Waals surface area contributed by atoms with Gasteiger partial charge in [0.1, 0.15) is 5.82 Å². The molecule has 2 aromatic rings. The van der Waals surface area contributed by atoms with Gasteiger partial charge in [0, 0.05) is 13.2 Å². The highest BCUT2D eigenvalue weighted by molar-refractivity contribution is 5.75. The number of nitrogens with one attached hydrogen (secondary N) is 1. The zero-order valence-electron chi connectivity index (χ0n) is 11.6. The minimum Gasteiger partial charge on any atom is -0.396 e. The number of benzene rings is 1. The number of aromatic nitrogens is 2. The van der Waals surface area contributed by atoms with Crippen LogP contribution in [0.1, 0.15) is 25.7 Å². The third-order valence-corrected chi connectivity index (χ3v) is 4.29. The first-order valence-electron chi connectivity index (χ1n) is 7.43. The number of rotatable bonds is 4. The van der Waals surface area contributed by atoms with Gasteiger partial charge in [-0.25, -0.2) is 4.98 Å². The van der Waals surface area contributed by atoms with Crippen LogP contribution in [0.4, 0.5) is 5.82 Å². The Labute approximate surface area is 119 Å². The fourth-order valence-electron chi connectivity index (χ4n) is 3.07. The first-order chi connectivity index (χ1) is 9.86. The summed E-state index contributed by atoms with van der Waals surface area (Å²) < 4.78 is 0. The summed E-state index contributed by atoms with van der Waals surface area (Å²) in [5.41, 5.74) is 1.84. The SMILES string of the molecule is OCC1CCCCC1CNc1cnc2ccccc2n1. The molecule has 3 rings (SSSR count). The molecule has 1 aliphatic rings. The summed E-state index contributed by atoms with van der Waals surface area (Å²) in [6.07, 6.45) is 6.65. The van der Waals surface area contributed by atoms with Crippen molar-refractivity contribution in [2.75, 3.05) is 18.5 Å². The molecular formula is C16H21N3O. The summed E-state index contributed by atoms with van der Waals surface area (Å²) >= 11 is 0. The molecular weight excluding hydrogens is 250 g/mol. The molecule has 4 nitrogen and oxygen atoms in total. The standard InChI is InChI=1S/C16H21N3O/c20-11-13-6-2-1-5-12(13)9-18-16-10-17-14-7-3-4-8-15(14)19-16/h3-4,7-8,10,12-13,20H,1-2,5-6,9,11H2,(H,18,19). The van der Waals surface area contributed by atoms with Gasteiger partial charge in [-0.3, -0.25) is 4.98 Å². The van der Waals surface area contributed by atoms with Crippen molar-refractivity contribution >= 4 is 16.9 Å². The molecule has 1 aromatic carbocycles. The van der Waals surface area contributed by atoms with Crippen LogP contribution in [0.5, 0.6) is 0 Å². The van der Waals surface area contributed by atoms with E-state index in [0.29, 0.717) is 18.4 Å². The number of aliphatic hydroxyl groups excluding tert-OH is 1. The number of para-hydroxylation sites is 2. The van der Waals surface area contributed by atoms with E-state index in [1.807, 2.05) is 24.3 Å². The van der Waals surface area contributed by atoms with Crippen molar-refractivity contribution in [3.8, 4) is 0 Å². The Balaban J connectivity index is 1.67. The van der Waals surface area contributed by atoms with Crippen molar-refractivity contribution in [3.63, 3.8) is 0 Å². The lowest BCUT2D eigenvalue weighted by atomic mass is 9.79. The minimum atomic E-state index is 0.301. The van der Waals surface area contributed by atoms with Crippen molar-refractivity contribution in [1.82, 2.24) is 9.97 Å². The van der Waals surface area contributed by atoms with Crippen molar-refractivity contribution in [2.24, 2.45) is 11.8 Å². The van der Waals surface area contributed by atoms with Gasteiger partial charge in [-0.05, 0) is 36.8 Å². The summed E-state index contributed by atoms with van der Waals surface area (Å²) in [7, 11) is 0. The molecule has 106 valence electrons. The van der Waals surface area contributed by atoms with Gasteiger partial charge in [-0.15, -0.1) is 0 Å². The van der Waals surface area contributed by atoms with Crippen molar-refractivity contribution in [1.29, 1.82) is 0 Å². The second kappa shape index (κ2) is 6.18. The van der Waals surface area contributed by atoms with Crippen molar-refractivity contribution in [2.45, 2.75) is 25.7 Å². The summed E-state index contributed by atoms with van der Waals surface area (Å²) in [6, 6.07) is 7.89. The maximum atomic E-state index is 9.44. The average Bonchev–Trinajstić information content (AvgIpc) is 2.53. The molecule has 2 N–H and O–H groups in total. The van der Waals surface area contributed by atoms with Crippen LogP contribution < -0.4 is 5.32 Å². The van der Waals surface area contributed by atoms with E-state index in [-0.39, 0.29) is 0 Å². The molecule has 1 aliphatic carbocycles. The number of aliphatic hydroxyl groups is 1. The van der Waals surface area contributed by atoms with Crippen LogP contribution in [-0.2, 0) is 0 Å². The number of hydrogen-bond donors (Lipinski definition) is 2. The predicted molar refractivity (Wildman–Crippen MR) is 80.6 cm³/mol. The van der Waals surface area contributed by atoms with Gasteiger partial charge < -0.3 is 10.4 Å². The molecule has 0 saturated heterocycles. The Morgan fingerprint density at radius 1 is 1.10 bits per heavy atom. The molecule has 4 heteroatoms. The second-order valence-electron chi connectivity index (χ2n) is 5.61. The van der Waals surface area contributed by atoms with E-state index in [9.17, 15) is 5.11 Å². The van der Waals surface area contributed by atoms with E-state index in [4.69, 9.17) is 0 Å². The van der Waals surface area contributed by atoms with E-state index < -0.39 is 0 Å². The van der Waals surface area contributed by atoms with Crippen LogP contribution >= 0.6 is 0 Å². The molecule has 2 atom stereocenters. The molecule has 1 fully saturated rings. The summed E-state index contributed by atoms with van der Waals surface area (Å²) in [4.78, 5) is 8.98. The molecule has 0 spiro atoms. The van der Waals surface area contributed by atoms with E-state index in [0.717, 1.165) is 29.8 Å². The average molecular weight is 271 g/mol. The smallest absolute Gasteiger partial charge is 0.145 e.